The highest BCUT2D eigenvalue weighted by Gasteiger charge is 2.54. The van der Waals surface area contributed by atoms with Crippen molar-refractivity contribution in [3.63, 3.8) is 0 Å². The van der Waals surface area contributed by atoms with E-state index in [0.29, 0.717) is 10.1 Å². The van der Waals surface area contributed by atoms with Gasteiger partial charge in [-0.25, -0.2) is 9.13 Å². The molecule has 2 aromatic rings. The molecule has 2 fully saturated rings. The van der Waals surface area contributed by atoms with Crippen LogP contribution >= 0.6 is 15.6 Å². The van der Waals surface area contributed by atoms with Crippen molar-refractivity contribution in [3.8, 4) is 0 Å². The molecule has 0 atom stereocenters. The van der Waals surface area contributed by atoms with Crippen molar-refractivity contribution in [2.45, 2.75) is 0 Å². The van der Waals surface area contributed by atoms with Crippen LogP contribution in [0.25, 0.3) is 0 Å². The largest absolute Gasteiger partial charge is 0.497 e. The number of rotatable bonds is 4. The first-order chi connectivity index (χ1) is 17.6. The molecule has 2 aromatic carbocycles. The summed E-state index contributed by atoms with van der Waals surface area (Å²) in [6.07, 6.45) is 0. The number of phosphoric acid groups is 2. The third-order valence-electron chi connectivity index (χ3n) is 5.99. The monoisotopic (exact) mass is 550 g/mol. The molecule has 192 valence electrons. The van der Waals surface area contributed by atoms with Gasteiger partial charge in [-0.2, -0.15) is 9.25 Å². The number of phosphoric ester groups is 2. The molecule has 0 radical (unpaired) electrons. The first kappa shape index (κ1) is 24.3. The number of imide groups is 2. The molecular weight excluding hydrogens is 534 g/mol. The number of carbonyl (C=O) groups excluding carboxylic acids is 4. The predicted molar refractivity (Wildman–Crippen MR) is 118 cm³/mol. The number of hydrogen-bond acceptors (Lipinski definition) is 12. The Morgan fingerprint density at radius 2 is 0.838 bits per heavy atom. The van der Waals surface area contributed by atoms with Crippen molar-refractivity contribution in [1.82, 2.24) is 10.1 Å². The molecular formula is C21H16N2O12P2. The molecule has 4 amide bonds. The van der Waals surface area contributed by atoms with Crippen molar-refractivity contribution in [2.75, 3.05) is 26.4 Å². The minimum Gasteiger partial charge on any atom is -0.285 e. The summed E-state index contributed by atoms with van der Waals surface area (Å²) < 4.78 is 57.0. The molecule has 4 aliphatic rings. The number of benzene rings is 2. The Labute approximate surface area is 208 Å². The zero-order valence-corrected chi connectivity index (χ0v) is 20.4. The normalized spacial score (nSPS) is 31.2. The second-order valence-electron chi connectivity index (χ2n) is 8.55. The molecule has 1 spiro atoms. The van der Waals surface area contributed by atoms with Crippen LogP contribution in [0.5, 0.6) is 0 Å². The van der Waals surface area contributed by atoms with E-state index in [4.69, 9.17) is 27.3 Å². The number of fused-ring (bicyclic) bond motifs is 2. The molecule has 6 rings (SSSR count). The van der Waals surface area contributed by atoms with Crippen LogP contribution in [-0.2, 0) is 36.5 Å². The fourth-order valence-corrected chi connectivity index (χ4v) is 6.73. The lowest BCUT2D eigenvalue weighted by Gasteiger charge is -2.41. The Bertz CT molecular complexity index is 1270. The maximum absolute atomic E-state index is 12.9. The van der Waals surface area contributed by atoms with E-state index in [2.05, 4.69) is 0 Å². The third-order valence-corrected chi connectivity index (χ3v) is 8.50. The summed E-state index contributed by atoms with van der Waals surface area (Å²) >= 11 is 0. The van der Waals surface area contributed by atoms with E-state index in [1.165, 1.54) is 24.3 Å². The van der Waals surface area contributed by atoms with Crippen LogP contribution < -0.4 is 0 Å². The highest BCUT2D eigenvalue weighted by Crippen LogP contribution is 2.61. The molecule has 0 bridgehead atoms. The molecule has 37 heavy (non-hydrogen) atoms. The summed E-state index contributed by atoms with van der Waals surface area (Å²) in [5, 5.41) is 0.642. The van der Waals surface area contributed by atoms with E-state index in [1.807, 2.05) is 0 Å². The summed E-state index contributed by atoms with van der Waals surface area (Å²) in [6, 6.07) is 11.9. The summed E-state index contributed by atoms with van der Waals surface area (Å²) in [4.78, 5) is 49.8. The number of amides is 4. The van der Waals surface area contributed by atoms with Crippen LogP contribution in [0.4, 0.5) is 0 Å². The van der Waals surface area contributed by atoms with Gasteiger partial charge in [-0.1, -0.05) is 24.3 Å². The Morgan fingerprint density at radius 1 is 0.568 bits per heavy atom. The molecule has 0 N–H and O–H groups in total. The molecule has 4 aliphatic heterocycles. The van der Waals surface area contributed by atoms with Gasteiger partial charge in [0.15, 0.2) is 0 Å². The topological polar surface area (TPSA) is 164 Å². The van der Waals surface area contributed by atoms with Crippen LogP contribution in [0.3, 0.4) is 0 Å². The first-order valence-electron chi connectivity index (χ1n) is 10.8. The zero-order valence-electron chi connectivity index (χ0n) is 18.6. The number of hydroxylamine groups is 4. The van der Waals surface area contributed by atoms with Crippen LogP contribution in [0, 0.1) is 5.41 Å². The van der Waals surface area contributed by atoms with Crippen molar-refractivity contribution < 1.29 is 55.7 Å². The number of hydrogen-bond donors (Lipinski definition) is 0. The van der Waals surface area contributed by atoms with Gasteiger partial charge in [0.1, 0.15) is 0 Å². The Morgan fingerprint density at radius 3 is 1.11 bits per heavy atom. The number of nitrogens with zero attached hydrogens (tertiary/aromatic N) is 2. The highest BCUT2D eigenvalue weighted by molar-refractivity contribution is 7.48. The first-order valence-corrected chi connectivity index (χ1v) is 13.7. The zero-order chi connectivity index (χ0) is 26.0. The van der Waals surface area contributed by atoms with Gasteiger partial charge in [0.25, 0.3) is 23.6 Å². The van der Waals surface area contributed by atoms with Crippen LogP contribution in [-0.4, -0.2) is 60.2 Å². The van der Waals surface area contributed by atoms with E-state index in [1.54, 1.807) is 24.3 Å². The van der Waals surface area contributed by atoms with Gasteiger partial charge in [-0.05, 0) is 24.3 Å². The second-order valence-corrected chi connectivity index (χ2v) is 11.7. The molecule has 16 heteroatoms. The maximum Gasteiger partial charge on any atom is 0.497 e. The highest BCUT2D eigenvalue weighted by atomic mass is 31.2. The van der Waals surface area contributed by atoms with E-state index in [0.717, 1.165) is 0 Å². The Balaban J connectivity index is 1.07. The van der Waals surface area contributed by atoms with E-state index in [-0.39, 0.29) is 48.7 Å². The molecule has 0 unspecified atom stereocenters. The average Bonchev–Trinajstić information content (AvgIpc) is 3.29. The third kappa shape index (κ3) is 3.99. The summed E-state index contributed by atoms with van der Waals surface area (Å²) in [5.74, 6) is -3.28. The van der Waals surface area contributed by atoms with Crippen LogP contribution in [0.2, 0.25) is 0 Å². The van der Waals surface area contributed by atoms with Crippen molar-refractivity contribution in [3.05, 3.63) is 70.8 Å². The van der Waals surface area contributed by atoms with Crippen molar-refractivity contribution in [2.24, 2.45) is 5.41 Å². The van der Waals surface area contributed by atoms with Gasteiger partial charge in [0, 0.05) is 0 Å². The van der Waals surface area contributed by atoms with Crippen molar-refractivity contribution in [1.29, 1.82) is 0 Å². The average molecular weight is 550 g/mol. The molecule has 14 nitrogen and oxygen atoms in total. The van der Waals surface area contributed by atoms with Crippen LogP contribution in [0.1, 0.15) is 41.4 Å². The van der Waals surface area contributed by atoms with Gasteiger partial charge >= 0.3 is 15.6 Å². The van der Waals surface area contributed by atoms with Crippen LogP contribution in [0.15, 0.2) is 48.5 Å². The Hall–Kier alpha value is -3.06. The molecule has 0 aliphatic carbocycles. The molecule has 4 heterocycles. The molecule has 0 saturated carbocycles. The lowest BCUT2D eigenvalue weighted by atomic mass is 9.93. The van der Waals surface area contributed by atoms with Crippen molar-refractivity contribution >= 4 is 39.3 Å². The fourth-order valence-electron chi connectivity index (χ4n) is 3.97. The maximum atomic E-state index is 12.9. The predicted octanol–water partition coefficient (Wildman–Crippen LogP) is 2.74. The fraction of sp³-hybridized carbons (Fsp3) is 0.238. The van der Waals surface area contributed by atoms with E-state index >= 15 is 0 Å². The quantitative estimate of drug-likeness (QED) is 0.404. The van der Waals surface area contributed by atoms with Gasteiger partial charge in [-0.3, -0.25) is 37.3 Å². The lowest BCUT2D eigenvalue weighted by Crippen LogP contribution is -2.47. The van der Waals surface area contributed by atoms with Gasteiger partial charge < -0.3 is 0 Å². The summed E-state index contributed by atoms with van der Waals surface area (Å²) in [5.41, 5.74) is -0.796. The minimum atomic E-state index is -4.39. The smallest absolute Gasteiger partial charge is 0.285 e. The summed E-state index contributed by atoms with van der Waals surface area (Å²) in [6.45, 7) is -1.39. The molecule has 0 aromatic heterocycles. The lowest BCUT2D eigenvalue weighted by molar-refractivity contribution is -0.126. The molecule has 2 saturated heterocycles. The summed E-state index contributed by atoms with van der Waals surface area (Å²) in [7, 11) is -8.78. The minimum absolute atomic E-state index is 0.0791. The SMILES string of the molecule is O=C1c2ccccc2C(=O)N1OP1(=O)OCC2(CO1)COP(=O)(ON1C(=O)c3ccccc3C1=O)OC2. The van der Waals surface area contributed by atoms with E-state index < -0.39 is 44.7 Å². The Kier molecular flexibility index (Phi) is 5.57. The second kappa shape index (κ2) is 8.48. The van der Waals surface area contributed by atoms with Gasteiger partial charge in [0.2, 0.25) is 0 Å². The van der Waals surface area contributed by atoms with Gasteiger partial charge in [-0.15, -0.1) is 10.1 Å². The standard InChI is InChI=1S/C21H16N2O12P2/c24-17-13-5-1-2-6-14(13)18(25)22(17)34-36(28)30-9-21(10-31-36)11-32-37(29,33-12-21)35-23-19(26)15-7-3-4-8-16(15)20(23)27/h1-8H,9-12H2. The number of carbonyl (C=O) groups is 4. The van der Waals surface area contributed by atoms with Gasteiger partial charge in [0.05, 0.1) is 54.1 Å². The van der Waals surface area contributed by atoms with E-state index in [9.17, 15) is 28.3 Å².